The molecule has 9 heteroatoms. The smallest absolute Gasteiger partial charge is 0.230 e. The van der Waals surface area contributed by atoms with E-state index in [2.05, 4.69) is 14.7 Å². The van der Waals surface area contributed by atoms with Gasteiger partial charge < -0.3 is 9.47 Å². The molecule has 7 nitrogen and oxygen atoms in total. The first-order valence-corrected chi connectivity index (χ1v) is 9.57. The molecule has 0 aliphatic rings. The summed E-state index contributed by atoms with van der Waals surface area (Å²) in [5.41, 5.74) is 1.41. The lowest BCUT2D eigenvalue weighted by Gasteiger charge is -2.10. The maximum absolute atomic E-state index is 11.4. The largest absolute Gasteiger partial charge is 0.493 e. The van der Waals surface area contributed by atoms with Gasteiger partial charge in [-0.3, -0.25) is 4.72 Å². The van der Waals surface area contributed by atoms with Crippen molar-refractivity contribution in [3.05, 3.63) is 30.6 Å². The molecule has 1 aromatic carbocycles. The van der Waals surface area contributed by atoms with E-state index in [4.69, 9.17) is 9.47 Å². The maximum atomic E-state index is 11.4. The number of hydrogen-bond donors (Lipinski definition) is 1. The summed E-state index contributed by atoms with van der Waals surface area (Å²) in [6, 6.07) is 7.11. The van der Waals surface area contributed by atoms with Crippen LogP contribution in [0.4, 0.5) is 5.00 Å². The Balaban J connectivity index is 2.13. The lowest BCUT2D eigenvalue weighted by atomic mass is 10.1. The molecule has 1 N–H and O–H groups in total. The quantitative estimate of drug-likeness (QED) is 0.748. The molecule has 0 bridgehead atoms. The zero-order valence-electron chi connectivity index (χ0n) is 13.2. The van der Waals surface area contributed by atoms with Crippen molar-refractivity contribution in [2.24, 2.45) is 0 Å². The number of ether oxygens (including phenoxy) is 2. The van der Waals surface area contributed by atoms with Gasteiger partial charge in [-0.2, -0.15) is 0 Å². The van der Waals surface area contributed by atoms with Gasteiger partial charge in [0.05, 0.1) is 36.6 Å². The predicted octanol–water partition coefficient (Wildman–Crippen LogP) is 2.75. The fraction of sp³-hybridized carbons (Fsp3) is 0.200. The minimum atomic E-state index is -3.32. The highest BCUT2D eigenvalue weighted by molar-refractivity contribution is 7.92. The van der Waals surface area contributed by atoms with Crippen molar-refractivity contribution in [1.82, 2.24) is 9.97 Å². The molecule has 0 saturated heterocycles. The van der Waals surface area contributed by atoms with Crippen LogP contribution >= 0.6 is 11.3 Å². The second-order valence-electron chi connectivity index (χ2n) is 4.98. The van der Waals surface area contributed by atoms with Gasteiger partial charge in [0.1, 0.15) is 11.3 Å². The Kier molecular flexibility index (Phi) is 4.29. The third-order valence-corrected chi connectivity index (χ3v) is 4.99. The van der Waals surface area contributed by atoms with E-state index >= 15 is 0 Å². The second-order valence-corrected chi connectivity index (χ2v) is 7.82. The van der Waals surface area contributed by atoms with E-state index in [1.807, 2.05) is 12.1 Å². The number of fused-ring (bicyclic) bond motifs is 1. The summed E-state index contributed by atoms with van der Waals surface area (Å²) in [5, 5.41) is 1.32. The fourth-order valence-corrected chi connectivity index (χ4v) is 4.10. The Morgan fingerprint density at radius 3 is 2.46 bits per heavy atom. The summed E-state index contributed by atoms with van der Waals surface area (Å²) in [5.74, 6) is 1.16. The van der Waals surface area contributed by atoms with E-state index in [0.717, 1.165) is 16.5 Å². The molecule has 3 rings (SSSR count). The first-order valence-electron chi connectivity index (χ1n) is 6.86. The normalized spacial score (nSPS) is 11.5. The first kappa shape index (κ1) is 16.5. The van der Waals surface area contributed by atoms with Crippen molar-refractivity contribution in [3.8, 4) is 22.1 Å². The monoisotopic (exact) mass is 365 g/mol. The molecule has 2 aromatic heterocycles. The average Bonchev–Trinajstić information content (AvgIpc) is 2.99. The Bertz CT molecular complexity index is 999. The highest BCUT2D eigenvalue weighted by Gasteiger charge is 2.14. The van der Waals surface area contributed by atoms with Crippen molar-refractivity contribution in [3.63, 3.8) is 0 Å². The Morgan fingerprint density at radius 1 is 1.08 bits per heavy atom. The van der Waals surface area contributed by atoms with Crippen LogP contribution in [-0.4, -0.2) is 38.9 Å². The molecule has 0 amide bonds. The van der Waals surface area contributed by atoms with Crippen LogP contribution in [0.2, 0.25) is 0 Å². The molecule has 0 fully saturated rings. The maximum Gasteiger partial charge on any atom is 0.230 e. The number of thiophene rings is 1. The number of methoxy groups -OCH3 is 2. The second kappa shape index (κ2) is 6.25. The zero-order valence-corrected chi connectivity index (χ0v) is 14.9. The zero-order chi connectivity index (χ0) is 17.3. The van der Waals surface area contributed by atoms with Gasteiger partial charge in [-0.1, -0.05) is 0 Å². The van der Waals surface area contributed by atoms with Crippen LogP contribution in [0.25, 0.3) is 21.5 Å². The molecule has 0 radical (unpaired) electrons. The van der Waals surface area contributed by atoms with Crippen LogP contribution in [-0.2, 0) is 10.0 Å². The van der Waals surface area contributed by atoms with Crippen molar-refractivity contribution >= 4 is 37.3 Å². The Labute approximate surface area is 143 Å². The summed E-state index contributed by atoms with van der Waals surface area (Å²) in [7, 11) is -0.191. The van der Waals surface area contributed by atoms with Gasteiger partial charge in [-0.05, 0) is 18.2 Å². The number of nitrogens with zero attached hydrogens (tertiary/aromatic N) is 2. The van der Waals surface area contributed by atoms with Crippen LogP contribution in [0, 0.1) is 0 Å². The number of nitrogens with one attached hydrogen (secondary N) is 1. The molecular weight excluding hydrogens is 350 g/mol. The third kappa shape index (κ3) is 3.26. The van der Waals surface area contributed by atoms with E-state index in [-0.39, 0.29) is 0 Å². The molecule has 126 valence electrons. The highest BCUT2D eigenvalue weighted by atomic mass is 32.2. The summed E-state index contributed by atoms with van der Waals surface area (Å²) in [4.78, 5) is 9.43. The van der Waals surface area contributed by atoms with Crippen LogP contribution in [0.15, 0.2) is 30.6 Å². The summed E-state index contributed by atoms with van der Waals surface area (Å²) >= 11 is 1.30. The van der Waals surface area contributed by atoms with Gasteiger partial charge in [0.25, 0.3) is 0 Å². The molecule has 0 spiro atoms. The molecule has 0 atom stereocenters. The standard InChI is InChI=1S/C15H15N3O4S2/c1-21-11-6-9-10(7-12(11)22-2)16-8-17-15(9)13-4-5-14(23-13)18-24(3,19)20/h4-8,18H,1-3H3. The molecule has 0 unspecified atom stereocenters. The number of benzene rings is 1. The topological polar surface area (TPSA) is 90.4 Å². The van der Waals surface area contributed by atoms with Gasteiger partial charge in [-0.25, -0.2) is 18.4 Å². The SMILES string of the molecule is COc1cc2ncnc(-c3ccc(NS(C)(=O)=O)s3)c2cc1OC. The van der Waals surface area contributed by atoms with E-state index in [0.29, 0.717) is 27.7 Å². The lowest BCUT2D eigenvalue weighted by molar-refractivity contribution is 0.356. The highest BCUT2D eigenvalue weighted by Crippen LogP contribution is 2.38. The molecule has 24 heavy (non-hydrogen) atoms. The summed E-state index contributed by atoms with van der Waals surface area (Å²) in [6.07, 6.45) is 2.58. The van der Waals surface area contributed by atoms with E-state index in [1.165, 1.54) is 17.7 Å². The molecule has 2 heterocycles. The van der Waals surface area contributed by atoms with Gasteiger partial charge in [0.2, 0.25) is 10.0 Å². The first-order chi connectivity index (χ1) is 11.4. The Morgan fingerprint density at radius 2 is 1.79 bits per heavy atom. The van der Waals surface area contributed by atoms with Gasteiger partial charge in [-0.15, -0.1) is 11.3 Å². The van der Waals surface area contributed by atoms with Crippen molar-refractivity contribution in [1.29, 1.82) is 0 Å². The number of anilines is 1. The minimum Gasteiger partial charge on any atom is -0.493 e. The third-order valence-electron chi connectivity index (χ3n) is 3.27. The van der Waals surface area contributed by atoms with Crippen LogP contribution < -0.4 is 14.2 Å². The lowest BCUT2D eigenvalue weighted by Crippen LogP contribution is -2.07. The van der Waals surface area contributed by atoms with Crippen molar-refractivity contribution < 1.29 is 17.9 Å². The van der Waals surface area contributed by atoms with Crippen molar-refractivity contribution in [2.75, 3.05) is 25.2 Å². The van der Waals surface area contributed by atoms with E-state index < -0.39 is 10.0 Å². The van der Waals surface area contributed by atoms with Crippen LogP contribution in [0.3, 0.4) is 0 Å². The van der Waals surface area contributed by atoms with Crippen LogP contribution in [0.5, 0.6) is 11.5 Å². The van der Waals surface area contributed by atoms with Gasteiger partial charge in [0.15, 0.2) is 11.5 Å². The minimum absolute atomic E-state index is 0.528. The summed E-state index contributed by atoms with van der Waals surface area (Å²) in [6.45, 7) is 0. The number of rotatable bonds is 5. The molecule has 0 aliphatic heterocycles. The number of aromatic nitrogens is 2. The predicted molar refractivity (Wildman–Crippen MR) is 94.4 cm³/mol. The van der Waals surface area contributed by atoms with Gasteiger partial charge in [0, 0.05) is 11.5 Å². The Hall–Kier alpha value is -2.39. The van der Waals surface area contributed by atoms with Gasteiger partial charge >= 0.3 is 0 Å². The fourth-order valence-electron chi connectivity index (χ4n) is 2.28. The van der Waals surface area contributed by atoms with Crippen LogP contribution in [0.1, 0.15) is 0 Å². The van der Waals surface area contributed by atoms with E-state index in [9.17, 15) is 8.42 Å². The molecule has 0 aliphatic carbocycles. The summed E-state index contributed by atoms with van der Waals surface area (Å²) < 4.78 is 35.8. The number of hydrogen-bond acceptors (Lipinski definition) is 7. The molecule has 0 saturated carbocycles. The molecule has 3 aromatic rings. The molecular formula is C15H15N3O4S2. The number of sulfonamides is 1. The van der Waals surface area contributed by atoms with Crippen molar-refractivity contribution in [2.45, 2.75) is 0 Å². The van der Waals surface area contributed by atoms with E-state index in [1.54, 1.807) is 26.4 Å². The average molecular weight is 365 g/mol.